The van der Waals surface area contributed by atoms with Crippen LogP contribution in [-0.2, 0) is 13.1 Å². The lowest BCUT2D eigenvalue weighted by Crippen LogP contribution is -2.17. The van der Waals surface area contributed by atoms with E-state index in [1.54, 1.807) is 0 Å². The highest BCUT2D eigenvalue weighted by atomic mass is 35.5. The number of fused-ring (bicyclic) bond motifs is 2. The van der Waals surface area contributed by atoms with Gasteiger partial charge < -0.3 is 9.32 Å². The number of ketones is 1. The van der Waals surface area contributed by atoms with Crippen LogP contribution in [0.3, 0.4) is 0 Å². The number of hydrogen-bond acceptors (Lipinski definition) is 4. The van der Waals surface area contributed by atoms with Crippen molar-refractivity contribution in [2.24, 2.45) is 0 Å². The molecule has 0 spiro atoms. The lowest BCUT2D eigenvalue weighted by Gasteiger charge is -2.16. The maximum atomic E-state index is 12.5. The van der Waals surface area contributed by atoms with Gasteiger partial charge in [-0.2, -0.15) is 0 Å². The first kappa shape index (κ1) is 15.0. The first-order valence-electron chi connectivity index (χ1n) is 7.63. The molecule has 1 aliphatic heterocycles. The first-order valence-corrected chi connectivity index (χ1v) is 8.01. The van der Waals surface area contributed by atoms with Crippen LogP contribution >= 0.6 is 11.6 Å². The van der Waals surface area contributed by atoms with E-state index in [-0.39, 0.29) is 11.2 Å². The fraction of sp³-hybridized carbons (Fsp3) is 0.158. The minimum Gasteiger partial charge on any atom is -0.439 e. The lowest BCUT2D eigenvalue weighted by molar-refractivity contribution is 0.101. The molecule has 24 heavy (non-hydrogen) atoms. The number of carbonyl (C=O) groups excluding carboxylic acids is 1. The second-order valence-corrected chi connectivity index (χ2v) is 6.40. The molecule has 0 amide bonds. The second kappa shape index (κ2) is 5.49. The Bertz CT molecular complexity index is 1010. The van der Waals surface area contributed by atoms with Crippen molar-refractivity contribution in [3.05, 3.63) is 74.4 Å². The molecule has 0 saturated carbocycles. The number of anilines is 1. The number of nitrogens with zero attached hydrogens (tertiary/aromatic N) is 1. The zero-order valence-electron chi connectivity index (χ0n) is 13.0. The van der Waals surface area contributed by atoms with Crippen LogP contribution in [0.4, 0.5) is 5.88 Å². The maximum Gasteiger partial charge on any atom is 0.200 e. The monoisotopic (exact) mass is 339 g/mol. The zero-order valence-corrected chi connectivity index (χ0v) is 13.8. The van der Waals surface area contributed by atoms with Crippen LogP contribution in [0.15, 0.2) is 51.7 Å². The Labute approximate surface area is 143 Å². The summed E-state index contributed by atoms with van der Waals surface area (Å²) in [5.41, 5.74) is 2.84. The van der Waals surface area contributed by atoms with Crippen LogP contribution in [0.25, 0.3) is 11.0 Å². The molecule has 2 heterocycles. The number of Topliss-reactive ketones (excluding diaryl/α,β-unsaturated/α-hetero) is 1. The largest absolute Gasteiger partial charge is 0.439 e. The van der Waals surface area contributed by atoms with Gasteiger partial charge >= 0.3 is 0 Å². The molecule has 1 aliphatic rings. The van der Waals surface area contributed by atoms with Gasteiger partial charge in [0.25, 0.3) is 0 Å². The van der Waals surface area contributed by atoms with E-state index in [9.17, 15) is 9.59 Å². The van der Waals surface area contributed by atoms with E-state index in [1.165, 1.54) is 36.2 Å². The van der Waals surface area contributed by atoms with Crippen LogP contribution < -0.4 is 10.3 Å². The van der Waals surface area contributed by atoms with Gasteiger partial charge in [0.2, 0.25) is 5.88 Å². The average molecular weight is 340 g/mol. The number of rotatable bonds is 2. The molecule has 5 heteroatoms. The molecule has 3 aromatic rings. The molecular weight excluding hydrogens is 326 g/mol. The van der Waals surface area contributed by atoms with Crippen LogP contribution in [-0.4, -0.2) is 5.78 Å². The van der Waals surface area contributed by atoms with E-state index >= 15 is 0 Å². The predicted octanol–water partition coefficient (Wildman–Crippen LogP) is 4.17. The third-order valence-corrected chi connectivity index (χ3v) is 4.53. The highest BCUT2D eigenvalue weighted by Gasteiger charge is 2.22. The van der Waals surface area contributed by atoms with Gasteiger partial charge in [0.1, 0.15) is 0 Å². The van der Waals surface area contributed by atoms with Crippen molar-refractivity contribution in [2.75, 3.05) is 4.90 Å². The predicted molar refractivity (Wildman–Crippen MR) is 93.8 cm³/mol. The second-order valence-electron chi connectivity index (χ2n) is 5.96. The number of benzene rings is 2. The average Bonchev–Trinajstić information content (AvgIpc) is 2.98. The minimum atomic E-state index is -0.202. The zero-order chi connectivity index (χ0) is 16.8. The van der Waals surface area contributed by atoms with Crippen LogP contribution in [0, 0.1) is 0 Å². The van der Waals surface area contributed by atoms with Crippen molar-refractivity contribution < 1.29 is 9.21 Å². The van der Waals surface area contributed by atoms with E-state index in [0.717, 1.165) is 0 Å². The molecule has 0 unspecified atom stereocenters. The lowest BCUT2D eigenvalue weighted by atomic mass is 10.1. The van der Waals surface area contributed by atoms with E-state index in [1.807, 2.05) is 17.0 Å². The molecule has 0 saturated heterocycles. The van der Waals surface area contributed by atoms with Crippen LogP contribution in [0.1, 0.15) is 28.4 Å². The van der Waals surface area contributed by atoms with Crippen molar-refractivity contribution in [1.29, 1.82) is 0 Å². The fourth-order valence-electron chi connectivity index (χ4n) is 3.12. The van der Waals surface area contributed by atoms with Gasteiger partial charge in [-0.3, -0.25) is 9.59 Å². The Morgan fingerprint density at radius 1 is 1.12 bits per heavy atom. The smallest absolute Gasteiger partial charge is 0.200 e. The summed E-state index contributed by atoms with van der Waals surface area (Å²) < 4.78 is 5.95. The molecule has 0 N–H and O–H groups in total. The van der Waals surface area contributed by atoms with E-state index < -0.39 is 0 Å². The van der Waals surface area contributed by atoms with E-state index in [0.29, 0.717) is 40.5 Å². The van der Waals surface area contributed by atoms with Crippen molar-refractivity contribution in [3.8, 4) is 0 Å². The van der Waals surface area contributed by atoms with Gasteiger partial charge in [0, 0.05) is 24.2 Å². The molecular formula is C19H14ClNO3. The standard InChI is InChI=1S/C19H14ClNO3/c1-11(22)15-6-14(20)7-16-17(23)8-18(24-19(15)16)21-9-12-4-2-3-5-13(12)10-21/h2-8H,9-10H2,1H3. The Balaban J connectivity index is 1.87. The van der Waals surface area contributed by atoms with E-state index in [4.69, 9.17) is 16.0 Å². The van der Waals surface area contributed by atoms with Crippen molar-refractivity contribution in [1.82, 2.24) is 0 Å². The molecule has 2 aromatic carbocycles. The molecule has 1 aromatic heterocycles. The highest BCUT2D eigenvalue weighted by Crippen LogP contribution is 2.31. The molecule has 0 radical (unpaired) electrons. The Morgan fingerprint density at radius 3 is 2.42 bits per heavy atom. The Hall–Kier alpha value is -2.59. The molecule has 120 valence electrons. The van der Waals surface area contributed by atoms with Crippen LogP contribution in [0.2, 0.25) is 5.02 Å². The number of halogens is 1. The molecule has 0 fully saturated rings. The van der Waals surface area contributed by atoms with E-state index in [2.05, 4.69) is 12.1 Å². The summed E-state index contributed by atoms with van der Waals surface area (Å²) in [6, 6.07) is 12.7. The SMILES string of the molecule is CC(=O)c1cc(Cl)cc2c(=O)cc(N3Cc4ccccc4C3)oc12. The van der Waals surface area contributed by atoms with Crippen molar-refractivity contribution >= 4 is 34.2 Å². The summed E-state index contributed by atoms with van der Waals surface area (Å²) in [5, 5.41) is 0.675. The number of hydrogen-bond donors (Lipinski definition) is 0. The van der Waals surface area contributed by atoms with Gasteiger partial charge in [0.05, 0.1) is 10.9 Å². The topological polar surface area (TPSA) is 50.5 Å². The van der Waals surface area contributed by atoms with Crippen molar-refractivity contribution in [2.45, 2.75) is 20.0 Å². The van der Waals surface area contributed by atoms with Crippen LogP contribution in [0.5, 0.6) is 0 Å². The minimum absolute atomic E-state index is 0.187. The summed E-state index contributed by atoms with van der Waals surface area (Å²) >= 11 is 6.02. The molecule has 4 rings (SSSR count). The molecule has 0 aliphatic carbocycles. The Morgan fingerprint density at radius 2 is 1.79 bits per heavy atom. The van der Waals surface area contributed by atoms with Crippen molar-refractivity contribution in [3.63, 3.8) is 0 Å². The number of carbonyl (C=O) groups is 1. The van der Waals surface area contributed by atoms with Gasteiger partial charge in [-0.1, -0.05) is 35.9 Å². The normalized spacial score (nSPS) is 13.3. The Kier molecular flexibility index (Phi) is 3.43. The maximum absolute atomic E-state index is 12.5. The van der Waals surface area contributed by atoms with Gasteiger partial charge in [-0.15, -0.1) is 0 Å². The molecule has 4 nitrogen and oxygen atoms in total. The van der Waals surface area contributed by atoms with Gasteiger partial charge in [0.15, 0.2) is 16.8 Å². The van der Waals surface area contributed by atoms with Gasteiger partial charge in [-0.25, -0.2) is 0 Å². The van der Waals surface area contributed by atoms with Gasteiger partial charge in [-0.05, 0) is 30.2 Å². The summed E-state index contributed by atoms with van der Waals surface area (Å²) in [6.07, 6.45) is 0. The third-order valence-electron chi connectivity index (χ3n) is 4.31. The summed E-state index contributed by atoms with van der Waals surface area (Å²) in [5.74, 6) is 0.279. The molecule has 0 bridgehead atoms. The third kappa shape index (κ3) is 2.39. The first-order chi connectivity index (χ1) is 11.5. The highest BCUT2D eigenvalue weighted by molar-refractivity contribution is 6.32. The summed E-state index contributed by atoms with van der Waals surface area (Å²) in [6.45, 7) is 2.78. The summed E-state index contributed by atoms with van der Waals surface area (Å²) in [7, 11) is 0. The molecule has 0 atom stereocenters. The quantitative estimate of drug-likeness (QED) is 0.657. The fourth-order valence-corrected chi connectivity index (χ4v) is 3.34. The summed E-state index contributed by atoms with van der Waals surface area (Å²) in [4.78, 5) is 26.4.